The van der Waals surface area contributed by atoms with Gasteiger partial charge >= 0.3 is 5.97 Å². The van der Waals surface area contributed by atoms with Gasteiger partial charge in [-0.05, 0) is 36.8 Å². The summed E-state index contributed by atoms with van der Waals surface area (Å²) in [4.78, 5) is 35.3. The topological polar surface area (TPSA) is 80.7 Å². The van der Waals surface area contributed by atoms with Gasteiger partial charge in [-0.1, -0.05) is 30.4 Å². The van der Waals surface area contributed by atoms with Crippen LogP contribution in [-0.2, 0) is 20.7 Å². The third kappa shape index (κ3) is 4.35. The maximum Gasteiger partial charge on any atom is 0.305 e. The second kappa shape index (κ2) is 8.61. The lowest BCUT2D eigenvalue weighted by molar-refractivity contribution is -0.140. The second-order valence-electron chi connectivity index (χ2n) is 7.39. The maximum atomic E-state index is 12.4. The van der Waals surface area contributed by atoms with Crippen molar-refractivity contribution in [1.82, 2.24) is 0 Å². The van der Waals surface area contributed by atoms with Gasteiger partial charge in [-0.2, -0.15) is 0 Å². The number of carbonyl (C=O) groups is 3. The number of aliphatic hydroxyl groups is 1. The Kier molecular flexibility index (Phi) is 6.22. The van der Waals surface area contributed by atoms with E-state index in [2.05, 4.69) is 4.74 Å². The number of rotatable bonds is 7. The SMILES string of the molecule is COC(=O)CCC/C=C\C[C@H]1C(=O)C[C@@H](O)[C@@H]1c1ccc2c(c1)CCC2=O. The summed E-state index contributed by atoms with van der Waals surface area (Å²) in [6, 6.07) is 5.73. The van der Waals surface area contributed by atoms with Crippen LogP contribution in [0.25, 0.3) is 0 Å². The predicted molar refractivity (Wildman–Crippen MR) is 101 cm³/mol. The smallest absolute Gasteiger partial charge is 0.305 e. The van der Waals surface area contributed by atoms with Crippen LogP contribution in [-0.4, -0.2) is 35.9 Å². The van der Waals surface area contributed by atoms with Gasteiger partial charge in [-0.25, -0.2) is 0 Å². The van der Waals surface area contributed by atoms with Crippen molar-refractivity contribution in [3.05, 3.63) is 47.0 Å². The van der Waals surface area contributed by atoms with E-state index in [1.807, 2.05) is 30.4 Å². The number of fused-ring (bicyclic) bond motifs is 1. The molecule has 0 radical (unpaired) electrons. The molecule has 1 saturated carbocycles. The third-order valence-electron chi connectivity index (χ3n) is 5.64. The summed E-state index contributed by atoms with van der Waals surface area (Å²) in [6.45, 7) is 0. The molecule has 1 N–H and O–H groups in total. The molecule has 0 bridgehead atoms. The Morgan fingerprint density at radius 1 is 1.26 bits per heavy atom. The molecule has 1 aromatic carbocycles. The first-order valence-electron chi connectivity index (χ1n) is 9.60. The first-order chi connectivity index (χ1) is 13.0. The van der Waals surface area contributed by atoms with Crippen LogP contribution in [0.4, 0.5) is 0 Å². The lowest BCUT2D eigenvalue weighted by Crippen LogP contribution is -2.18. The Morgan fingerprint density at radius 3 is 2.85 bits per heavy atom. The summed E-state index contributed by atoms with van der Waals surface area (Å²) in [5, 5.41) is 10.4. The molecule has 0 heterocycles. The minimum atomic E-state index is -0.676. The average molecular weight is 370 g/mol. The van der Waals surface area contributed by atoms with E-state index in [4.69, 9.17) is 0 Å². The standard InChI is InChI=1S/C22H26O5/c1-27-21(26)7-5-3-2-4-6-17-19(24)13-20(25)22(17)15-8-10-16-14(12-15)9-11-18(16)23/h2,4,8,10,12,17,20,22,25H,3,5-7,9,11,13H2,1H3/b4-2-/t17-,20+,22+/m0/s1. The van der Waals surface area contributed by atoms with Crippen molar-refractivity contribution in [2.24, 2.45) is 5.92 Å². The van der Waals surface area contributed by atoms with Crippen molar-refractivity contribution in [1.29, 1.82) is 0 Å². The lowest BCUT2D eigenvalue weighted by atomic mass is 9.84. The molecule has 2 aliphatic carbocycles. The summed E-state index contributed by atoms with van der Waals surface area (Å²) in [7, 11) is 1.38. The number of hydrogen-bond donors (Lipinski definition) is 1. The highest BCUT2D eigenvalue weighted by Crippen LogP contribution is 2.41. The number of unbranched alkanes of at least 4 members (excludes halogenated alkanes) is 1. The van der Waals surface area contributed by atoms with Crippen LogP contribution in [0.3, 0.4) is 0 Å². The Labute approximate surface area is 159 Å². The maximum absolute atomic E-state index is 12.4. The molecule has 144 valence electrons. The highest BCUT2D eigenvalue weighted by molar-refractivity contribution is 6.00. The molecule has 0 spiro atoms. The molecule has 0 aromatic heterocycles. The van der Waals surface area contributed by atoms with Crippen LogP contribution >= 0.6 is 0 Å². The van der Waals surface area contributed by atoms with Crippen LogP contribution in [0.15, 0.2) is 30.4 Å². The molecule has 1 aromatic rings. The Bertz CT molecular complexity index is 764. The molecule has 5 heteroatoms. The van der Waals surface area contributed by atoms with E-state index in [1.54, 1.807) is 0 Å². The summed E-state index contributed by atoms with van der Waals surface area (Å²) < 4.78 is 4.61. The highest BCUT2D eigenvalue weighted by Gasteiger charge is 2.42. The zero-order chi connectivity index (χ0) is 19.4. The van der Waals surface area contributed by atoms with E-state index in [0.29, 0.717) is 25.7 Å². The fourth-order valence-electron chi connectivity index (χ4n) is 4.20. The first-order valence-corrected chi connectivity index (χ1v) is 9.60. The lowest BCUT2D eigenvalue weighted by Gasteiger charge is -2.21. The van der Waals surface area contributed by atoms with Crippen LogP contribution in [0.2, 0.25) is 0 Å². The molecule has 3 rings (SSSR count). The van der Waals surface area contributed by atoms with Crippen molar-refractivity contribution in [2.45, 2.75) is 57.0 Å². The summed E-state index contributed by atoms with van der Waals surface area (Å²) in [5.74, 6) is -0.424. The van der Waals surface area contributed by atoms with Crippen molar-refractivity contribution in [3.8, 4) is 0 Å². The summed E-state index contributed by atoms with van der Waals surface area (Å²) in [5.41, 5.74) is 2.76. The number of benzene rings is 1. The number of aryl methyl sites for hydroxylation is 1. The van der Waals surface area contributed by atoms with Gasteiger partial charge in [-0.3, -0.25) is 14.4 Å². The normalized spacial score (nSPS) is 24.6. The third-order valence-corrected chi connectivity index (χ3v) is 5.64. The van der Waals surface area contributed by atoms with Crippen molar-refractivity contribution in [2.75, 3.05) is 7.11 Å². The van der Waals surface area contributed by atoms with E-state index >= 15 is 0 Å². The number of methoxy groups -OCH3 is 1. The quantitative estimate of drug-likeness (QED) is 0.453. The van der Waals surface area contributed by atoms with E-state index in [-0.39, 0.29) is 35.8 Å². The van der Waals surface area contributed by atoms with Gasteiger partial charge < -0.3 is 9.84 Å². The monoisotopic (exact) mass is 370 g/mol. The zero-order valence-corrected chi connectivity index (χ0v) is 15.6. The first kappa shape index (κ1) is 19.5. The molecule has 3 atom stereocenters. The molecule has 27 heavy (non-hydrogen) atoms. The van der Waals surface area contributed by atoms with Crippen LogP contribution in [0, 0.1) is 5.92 Å². The molecule has 0 amide bonds. The molecule has 0 saturated heterocycles. The highest BCUT2D eigenvalue weighted by atomic mass is 16.5. The minimum absolute atomic E-state index is 0.0864. The van der Waals surface area contributed by atoms with Gasteiger partial charge in [-0.15, -0.1) is 0 Å². The van der Waals surface area contributed by atoms with Crippen LogP contribution < -0.4 is 0 Å². The van der Waals surface area contributed by atoms with Gasteiger partial charge in [0.25, 0.3) is 0 Å². The zero-order valence-electron chi connectivity index (χ0n) is 15.6. The number of esters is 1. The molecule has 5 nitrogen and oxygen atoms in total. The summed E-state index contributed by atoms with van der Waals surface area (Å²) >= 11 is 0. The summed E-state index contributed by atoms with van der Waals surface area (Å²) in [6.07, 6.45) is 7.18. The van der Waals surface area contributed by atoms with E-state index in [9.17, 15) is 19.5 Å². The van der Waals surface area contributed by atoms with Gasteiger partial charge in [0, 0.05) is 36.7 Å². The molecular formula is C22H26O5. The van der Waals surface area contributed by atoms with E-state index in [0.717, 1.165) is 29.5 Å². The number of Topliss-reactive ketones (excluding diaryl/α,β-unsaturated/α-hetero) is 2. The Hall–Kier alpha value is -2.27. The molecule has 2 aliphatic rings. The second-order valence-corrected chi connectivity index (χ2v) is 7.39. The Morgan fingerprint density at radius 2 is 2.07 bits per heavy atom. The van der Waals surface area contributed by atoms with Crippen molar-refractivity contribution < 1.29 is 24.2 Å². The van der Waals surface area contributed by atoms with Crippen molar-refractivity contribution >= 4 is 17.5 Å². The van der Waals surface area contributed by atoms with Gasteiger partial charge in [0.2, 0.25) is 0 Å². The van der Waals surface area contributed by atoms with Gasteiger partial charge in [0.1, 0.15) is 5.78 Å². The number of ketones is 2. The van der Waals surface area contributed by atoms with Gasteiger partial charge in [0.15, 0.2) is 5.78 Å². The van der Waals surface area contributed by atoms with Crippen LogP contribution in [0.5, 0.6) is 0 Å². The average Bonchev–Trinajstić information content (AvgIpc) is 3.16. The number of hydrogen-bond acceptors (Lipinski definition) is 5. The molecule has 0 unspecified atom stereocenters. The number of aliphatic hydroxyl groups excluding tert-OH is 1. The largest absolute Gasteiger partial charge is 0.469 e. The molecule has 1 fully saturated rings. The predicted octanol–water partition coefficient (Wildman–Crippen LogP) is 3.14. The number of allylic oxidation sites excluding steroid dienone is 2. The van der Waals surface area contributed by atoms with E-state index < -0.39 is 6.10 Å². The molecular weight excluding hydrogens is 344 g/mol. The Balaban J connectivity index is 1.64. The van der Waals surface area contributed by atoms with E-state index in [1.165, 1.54) is 7.11 Å². The number of ether oxygens (including phenoxy) is 1. The van der Waals surface area contributed by atoms with Crippen molar-refractivity contribution in [3.63, 3.8) is 0 Å². The minimum Gasteiger partial charge on any atom is -0.469 e. The molecule has 0 aliphatic heterocycles. The fourth-order valence-corrected chi connectivity index (χ4v) is 4.20. The van der Waals surface area contributed by atoms with Crippen LogP contribution in [0.1, 0.15) is 65.9 Å². The number of carbonyl (C=O) groups excluding carboxylic acids is 3. The van der Waals surface area contributed by atoms with Gasteiger partial charge in [0.05, 0.1) is 13.2 Å². The fraction of sp³-hybridized carbons (Fsp3) is 0.500.